The highest BCUT2D eigenvalue weighted by Crippen LogP contribution is 2.49. The van der Waals surface area contributed by atoms with Crippen LogP contribution in [0, 0.1) is 0 Å². The molecule has 210 valence electrons. The predicted octanol–water partition coefficient (Wildman–Crippen LogP) is 4.84. The van der Waals surface area contributed by atoms with Crippen LogP contribution >= 0.6 is 11.6 Å². The quantitative estimate of drug-likeness (QED) is 0.492. The molecule has 3 aliphatic heterocycles. The maximum absolute atomic E-state index is 11.6. The van der Waals surface area contributed by atoms with Gasteiger partial charge in [0.25, 0.3) is 5.79 Å². The number of carboxylic acids is 1. The molecule has 1 aliphatic carbocycles. The summed E-state index contributed by atoms with van der Waals surface area (Å²) in [5, 5.41) is 10.2. The van der Waals surface area contributed by atoms with E-state index in [0.29, 0.717) is 29.7 Å². The number of para-hydroxylation sites is 1. The highest BCUT2D eigenvalue weighted by molar-refractivity contribution is 6.30. The second kappa shape index (κ2) is 10.9. The Balaban J connectivity index is 1.12. The molecule has 3 unspecified atom stereocenters. The molecule has 2 aromatic rings. The van der Waals surface area contributed by atoms with Gasteiger partial charge in [0.15, 0.2) is 11.5 Å². The summed E-state index contributed by atoms with van der Waals surface area (Å²) < 4.78 is 18.2. The van der Waals surface area contributed by atoms with E-state index in [4.69, 9.17) is 30.8 Å². The molecule has 9 heteroatoms. The number of fused-ring (bicyclic) bond motifs is 2. The molecule has 0 aromatic heterocycles. The van der Waals surface area contributed by atoms with Crippen molar-refractivity contribution >= 4 is 23.4 Å². The van der Waals surface area contributed by atoms with Crippen molar-refractivity contribution in [1.82, 2.24) is 9.80 Å². The second-order valence-electron chi connectivity index (χ2n) is 10.9. The zero-order chi connectivity index (χ0) is 27.9. The lowest BCUT2D eigenvalue weighted by Gasteiger charge is -2.35. The third-order valence-corrected chi connectivity index (χ3v) is 8.57. The molecule has 0 radical (unpaired) electrons. The van der Waals surface area contributed by atoms with Crippen LogP contribution in [0.4, 0.5) is 0 Å². The molecule has 1 saturated heterocycles. The van der Waals surface area contributed by atoms with Crippen LogP contribution < -0.4 is 9.47 Å². The van der Waals surface area contributed by atoms with E-state index < -0.39 is 11.8 Å². The number of nitrogens with zero attached hydrogens (tertiary/aromatic N) is 3. The third-order valence-electron chi connectivity index (χ3n) is 8.32. The smallest absolute Gasteiger partial charge is 0.335 e. The monoisotopic (exact) mass is 563 g/mol. The molecule has 3 heterocycles. The van der Waals surface area contributed by atoms with Crippen molar-refractivity contribution in [2.45, 2.75) is 43.6 Å². The first-order chi connectivity index (χ1) is 19.3. The van der Waals surface area contributed by atoms with Crippen LogP contribution in [0.15, 0.2) is 71.3 Å². The molecule has 1 fully saturated rings. The van der Waals surface area contributed by atoms with Gasteiger partial charge < -0.3 is 24.2 Å². The van der Waals surface area contributed by atoms with Crippen molar-refractivity contribution in [1.29, 1.82) is 0 Å². The van der Waals surface area contributed by atoms with E-state index in [0.717, 1.165) is 55.4 Å². The average Bonchev–Trinajstić information content (AvgIpc) is 3.49. The van der Waals surface area contributed by atoms with Crippen LogP contribution in [0.1, 0.15) is 36.8 Å². The Kier molecular flexibility index (Phi) is 7.33. The normalized spacial score (nSPS) is 26.0. The SMILES string of the molecule is COCCN1C(CN2CCC(c3cccc4c3OC(C)(c3ccc(Cl)cc3)O4)CC2)=NC2C=CC(C(=O)O)=CC21. The highest BCUT2D eigenvalue weighted by Gasteiger charge is 2.41. The Labute approximate surface area is 239 Å². The number of aliphatic imine (C=N–C) groups is 1. The number of piperidine rings is 1. The molecule has 0 saturated carbocycles. The molecule has 0 amide bonds. The molecular weight excluding hydrogens is 530 g/mol. The number of hydrogen-bond donors (Lipinski definition) is 1. The first-order valence-electron chi connectivity index (χ1n) is 13.8. The molecule has 2 aromatic carbocycles. The number of rotatable bonds is 8. The number of halogens is 1. The number of carbonyl (C=O) groups is 1. The van der Waals surface area contributed by atoms with E-state index in [-0.39, 0.29) is 12.1 Å². The molecule has 4 aliphatic rings. The number of benzene rings is 2. The first-order valence-corrected chi connectivity index (χ1v) is 14.2. The van der Waals surface area contributed by atoms with Crippen LogP contribution in [-0.2, 0) is 15.3 Å². The van der Waals surface area contributed by atoms with E-state index in [1.165, 1.54) is 5.56 Å². The Hall–Kier alpha value is -3.33. The summed E-state index contributed by atoms with van der Waals surface area (Å²) >= 11 is 6.10. The number of hydrogen-bond acceptors (Lipinski definition) is 7. The van der Waals surface area contributed by atoms with Gasteiger partial charge in [-0.15, -0.1) is 0 Å². The topological polar surface area (TPSA) is 83.8 Å². The fraction of sp³-hybridized carbons (Fsp3) is 0.419. The minimum Gasteiger partial charge on any atom is -0.478 e. The van der Waals surface area contributed by atoms with Crippen LogP contribution in [-0.4, -0.2) is 78.7 Å². The van der Waals surface area contributed by atoms with Crippen molar-refractivity contribution in [3.05, 3.63) is 82.4 Å². The van der Waals surface area contributed by atoms with Gasteiger partial charge in [0.05, 0.1) is 30.8 Å². The molecule has 3 atom stereocenters. The lowest BCUT2D eigenvalue weighted by Crippen LogP contribution is -2.46. The number of likely N-dealkylation sites (tertiary alicyclic amines) is 1. The molecule has 1 N–H and O–H groups in total. The van der Waals surface area contributed by atoms with Gasteiger partial charge in [-0.1, -0.05) is 29.8 Å². The van der Waals surface area contributed by atoms with Gasteiger partial charge in [-0.3, -0.25) is 9.89 Å². The summed E-state index contributed by atoms with van der Waals surface area (Å²) in [5.74, 6) is 1.17. The van der Waals surface area contributed by atoms with Crippen molar-refractivity contribution in [2.75, 3.05) is 39.9 Å². The van der Waals surface area contributed by atoms with Crippen molar-refractivity contribution in [3.63, 3.8) is 0 Å². The molecule has 40 heavy (non-hydrogen) atoms. The maximum Gasteiger partial charge on any atom is 0.335 e. The van der Waals surface area contributed by atoms with Crippen LogP contribution in [0.25, 0.3) is 0 Å². The summed E-state index contributed by atoms with van der Waals surface area (Å²) in [5.41, 5.74) is 2.43. The number of methoxy groups -OCH3 is 1. The molecule has 8 nitrogen and oxygen atoms in total. The van der Waals surface area contributed by atoms with Gasteiger partial charge in [-0.25, -0.2) is 4.79 Å². The lowest BCUT2D eigenvalue weighted by molar-refractivity contribution is -0.132. The largest absolute Gasteiger partial charge is 0.478 e. The third kappa shape index (κ3) is 5.11. The van der Waals surface area contributed by atoms with E-state index in [1.54, 1.807) is 13.2 Å². The summed E-state index contributed by atoms with van der Waals surface area (Å²) in [4.78, 5) is 21.2. The Morgan fingerprint density at radius 1 is 1.18 bits per heavy atom. The van der Waals surface area contributed by atoms with Crippen LogP contribution in [0.3, 0.4) is 0 Å². The fourth-order valence-electron chi connectivity index (χ4n) is 6.15. The predicted molar refractivity (Wildman–Crippen MR) is 153 cm³/mol. The van der Waals surface area contributed by atoms with Crippen molar-refractivity contribution < 1.29 is 24.1 Å². The Bertz CT molecular complexity index is 1370. The summed E-state index contributed by atoms with van der Waals surface area (Å²) in [6, 6.07) is 13.6. The van der Waals surface area contributed by atoms with E-state index in [1.807, 2.05) is 55.5 Å². The van der Waals surface area contributed by atoms with E-state index in [9.17, 15) is 9.90 Å². The second-order valence-corrected chi connectivity index (χ2v) is 11.3. The van der Waals surface area contributed by atoms with Crippen molar-refractivity contribution in [2.24, 2.45) is 4.99 Å². The van der Waals surface area contributed by atoms with Crippen LogP contribution in [0.2, 0.25) is 5.02 Å². The van der Waals surface area contributed by atoms with Gasteiger partial charge >= 0.3 is 5.97 Å². The number of amidine groups is 1. The standard InChI is InChI=1S/C31H34ClN3O5/c1-31(22-7-9-23(32)10-8-22)39-27-5-3-4-24(29(27)40-31)20-12-14-34(15-13-20)19-28-33-25-11-6-21(30(36)37)18-26(25)35(28)16-17-38-2/h3-11,18,20,25-26H,12-17,19H2,1-2H3,(H,36,37). The lowest BCUT2D eigenvalue weighted by atomic mass is 9.88. The van der Waals surface area contributed by atoms with Crippen molar-refractivity contribution in [3.8, 4) is 11.5 Å². The van der Waals surface area contributed by atoms with Gasteiger partial charge in [-0.2, -0.15) is 0 Å². The van der Waals surface area contributed by atoms with Gasteiger partial charge in [-0.05, 0) is 74.3 Å². The number of ether oxygens (including phenoxy) is 3. The molecule has 0 bridgehead atoms. The minimum absolute atomic E-state index is 0.0634. The summed E-state index contributed by atoms with van der Waals surface area (Å²) in [6.07, 6.45) is 7.39. The van der Waals surface area contributed by atoms with Gasteiger partial charge in [0.2, 0.25) is 0 Å². The average molecular weight is 564 g/mol. The molecule has 6 rings (SSSR count). The first kappa shape index (κ1) is 26.9. The minimum atomic E-state index is -0.910. The Morgan fingerprint density at radius 2 is 1.95 bits per heavy atom. The highest BCUT2D eigenvalue weighted by atomic mass is 35.5. The van der Waals surface area contributed by atoms with E-state index >= 15 is 0 Å². The summed E-state index contributed by atoms with van der Waals surface area (Å²) in [7, 11) is 1.68. The molecular formula is C31H34ClN3O5. The van der Waals surface area contributed by atoms with Gasteiger partial charge in [0.1, 0.15) is 5.84 Å². The maximum atomic E-state index is 11.6. The van der Waals surface area contributed by atoms with Gasteiger partial charge in [0, 0.05) is 36.7 Å². The number of carboxylic acid groups (broad SMARTS) is 1. The zero-order valence-electron chi connectivity index (χ0n) is 22.8. The zero-order valence-corrected chi connectivity index (χ0v) is 23.5. The molecule has 0 spiro atoms. The van der Waals surface area contributed by atoms with Crippen LogP contribution in [0.5, 0.6) is 11.5 Å². The Morgan fingerprint density at radius 3 is 2.67 bits per heavy atom. The van der Waals surface area contributed by atoms with E-state index in [2.05, 4.69) is 15.9 Å². The fourth-order valence-corrected chi connectivity index (χ4v) is 6.28. The number of aliphatic carboxylic acids is 1. The summed E-state index contributed by atoms with van der Waals surface area (Å²) in [6.45, 7) is 5.77.